The number of hydrogen-bond acceptors (Lipinski definition) is 4. The maximum atomic E-state index is 6.23. The number of fused-ring (bicyclic) bond motifs is 1. The minimum Gasteiger partial charge on any atom is -0.383 e. The maximum absolute atomic E-state index is 6.23. The molecule has 0 bridgehead atoms. The molecule has 4 nitrogen and oxygen atoms in total. The van der Waals surface area contributed by atoms with Crippen LogP contribution in [0.25, 0.3) is 0 Å². The molecule has 2 N–H and O–H groups in total. The number of nitrogens with zero attached hydrogens (tertiary/aromatic N) is 1. The van der Waals surface area contributed by atoms with Crippen LogP contribution in [0.5, 0.6) is 0 Å². The zero-order valence-electron chi connectivity index (χ0n) is 13.5. The smallest absolute Gasteiger partial charge is 0.0615 e. The lowest BCUT2D eigenvalue weighted by Crippen LogP contribution is -2.59. The molecule has 21 heavy (non-hydrogen) atoms. The Balaban J connectivity index is 2.23. The summed E-state index contributed by atoms with van der Waals surface area (Å²) in [5, 5.41) is 0. The molecular weight excluding hydrogens is 264 g/mol. The zero-order chi connectivity index (χ0) is 15.3. The number of rotatable bonds is 8. The molecule has 2 rings (SSSR count). The van der Waals surface area contributed by atoms with Crippen LogP contribution in [-0.4, -0.2) is 57.0 Å². The monoisotopic (exact) mass is 292 g/mol. The van der Waals surface area contributed by atoms with Gasteiger partial charge in [-0.15, -0.1) is 0 Å². The number of ether oxygens (including phenoxy) is 2. The standard InChI is InChI=1S/C17H28N2O2/c1-14(12-21-3)19(8-9-20-2)17(13-18)10-15-6-4-5-7-16(15)11-17/h4-7,14H,8-13,18H2,1-3H3. The van der Waals surface area contributed by atoms with Gasteiger partial charge < -0.3 is 15.2 Å². The number of methoxy groups -OCH3 is 2. The molecule has 118 valence electrons. The molecule has 0 fully saturated rings. The summed E-state index contributed by atoms with van der Waals surface area (Å²) in [6.45, 7) is 5.17. The molecule has 0 heterocycles. The van der Waals surface area contributed by atoms with Crippen LogP contribution in [0, 0.1) is 0 Å². The van der Waals surface area contributed by atoms with Crippen molar-refractivity contribution < 1.29 is 9.47 Å². The SMILES string of the molecule is COCCN(C(C)COC)C1(CN)Cc2ccccc2C1. The number of hydrogen-bond donors (Lipinski definition) is 1. The van der Waals surface area contributed by atoms with E-state index in [4.69, 9.17) is 15.2 Å². The quantitative estimate of drug-likeness (QED) is 0.788. The molecule has 1 atom stereocenters. The summed E-state index contributed by atoms with van der Waals surface area (Å²) in [6, 6.07) is 9.00. The third-order valence-electron chi connectivity index (χ3n) is 4.62. The fourth-order valence-electron chi connectivity index (χ4n) is 3.58. The van der Waals surface area contributed by atoms with Crippen LogP contribution >= 0.6 is 0 Å². The Bertz CT molecular complexity index is 425. The van der Waals surface area contributed by atoms with E-state index in [9.17, 15) is 0 Å². The predicted molar refractivity (Wildman–Crippen MR) is 85.6 cm³/mol. The van der Waals surface area contributed by atoms with Crippen LogP contribution < -0.4 is 5.73 Å². The molecule has 1 unspecified atom stereocenters. The number of nitrogens with two attached hydrogens (primary N) is 1. The van der Waals surface area contributed by atoms with E-state index in [1.165, 1.54) is 11.1 Å². The van der Waals surface area contributed by atoms with Crippen molar-refractivity contribution in [1.82, 2.24) is 4.90 Å². The molecule has 0 spiro atoms. The summed E-state index contributed by atoms with van der Waals surface area (Å²) in [6.07, 6.45) is 2.02. The molecule has 0 aliphatic heterocycles. The van der Waals surface area contributed by atoms with Crippen LogP contribution in [0.2, 0.25) is 0 Å². The first-order valence-corrected chi connectivity index (χ1v) is 7.68. The Morgan fingerprint density at radius 2 is 1.81 bits per heavy atom. The van der Waals surface area contributed by atoms with Gasteiger partial charge in [-0.05, 0) is 30.9 Å². The van der Waals surface area contributed by atoms with Crippen molar-refractivity contribution >= 4 is 0 Å². The van der Waals surface area contributed by atoms with E-state index in [0.717, 1.165) is 19.4 Å². The highest BCUT2D eigenvalue weighted by molar-refractivity contribution is 5.36. The Labute approximate surface area is 128 Å². The molecule has 1 aliphatic carbocycles. The van der Waals surface area contributed by atoms with Crippen LogP contribution in [0.4, 0.5) is 0 Å². The van der Waals surface area contributed by atoms with Crippen molar-refractivity contribution in [3.8, 4) is 0 Å². The topological polar surface area (TPSA) is 47.7 Å². The summed E-state index contributed by atoms with van der Waals surface area (Å²) in [7, 11) is 3.50. The highest BCUT2D eigenvalue weighted by atomic mass is 16.5. The summed E-state index contributed by atoms with van der Waals surface area (Å²) in [5.41, 5.74) is 9.07. The van der Waals surface area contributed by atoms with Crippen LogP contribution in [0.1, 0.15) is 18.1 Å². The molecule has 0 saturated carbocycles. The van der Waals surface area contributed by atoms with E-state index in [1.54, 1.807) is 14.2 Å². The molecule has 4 heteroatoms. The lowest BCUT2D eigenvalue weighted by molar-refractivity contribution is 0.00365. The minimum absolute atomic E-state index is 0.0137. The Morgan fingerprint density at radius 3 is 2.29 bits per heavy atom. The van der Waals surface area contributed by atoms with Gasteiger partial charge in [-0.3, -0.25) is 4.90 Å². The fourth-order valence-corrected chi connectivity index (χ4v) is 3.58. The van der Waals surface area contributed by atoms with Gasteiger partial charge in [0.1, 0.15) is 0 Å². The maximum Gasteiger partial charge on any atom is 0.0615 e. The zero-order valence-corrected chi connectivity index (χ0v) is 13.5. The first kappa shape index (κ1) is 16.4. The molecular formula is C17H28N2O2. The fraction of sp³-hybridized carbons (Fsp3) is 0.647. The molecule has 0 aromatic heterocycles. The molecule has 1 aromatic rings. The van der Waals surface area contributed by atoms with Crippen molar-refractivity contribution in [1.29, 1.82) is 0 Å². The summed E-state index contributed by atoms with van der Waals surface area (Å²) in [5.74, 6) is 0. The van der Waals surface area contributed by atoms with Crippen LogP contribution in [-0.2, 0) is 22.3 Å². The van der Waals surface area contributed by atoms with E-state index in [1.807, 2.05) is 0 Å². The molecule has 0 radical (unpaired) electrons. The van der Waals surface area contributed by atoms with Crippen molar-refractivity contribution in [2.75, 3.05) is 40.5 Å². The summed E-state index contributed by atoms with van der Waals surface area (Å²) in [4.78, 5) is 2.49. The lowest BCUT2D eigenvalue weighted by Gasteiger charge is -2.44. The van der Waals surface area contributed by atoms with E-state index >= 15 is 0 Å². The van der Waals surface area contributed by atoms with E-state index in [0.29, 0.717) is 25.8 Å². The van der Waals surface area contributed by atoms with E-state index in [-0.39, 0.29) is 5.54 Å². The van der Waals surface area contributed by atoms with Crippen molar-refractivity contribution in [2.24, 2.45) is 5.73 Å². The Hall–Kier alpha value is -0.940. The second-order valence-corrected chi connectivity index (χ2v) is 6.04. The highest BCUT2D eigenvalue weighted by Crippen LogP contribution is 2.35. The van der Waals surface area contributed by atoms with Gasteiger partial charge in [0, 0.05) is 38.9 Å². The van der Waals surface area contributed by atoms with Gasteiger partial charge in [-0.2, -0.15) is 0 Å². The van der Waals surface area contributed by atoms with Gasteiger partial charge in [0.15, 0.2) is 0 Å². The van der Waals surface area contributed by atoms with E-state index in [2.05, 4.69) is 36.1 Å². The Morgan fingerprint density at radius 1 is 1.19 bits per heavy atom. The molecule has 1 aromatic carbocycles. The summed E-state index contributed by atoms with van der Waals surface area (Å²) >= 11 is 0. The molecule has 0 amide bonds. The second-order valence-electron chi connectivity index (χ2n) is 6.04. The normalized spacial score (nSPS) is 18.0. The Kier molecular flexibility index (Phi) is 5.76. The van der Waals surface area contributed by atoms with E-state index < -0.39 is 0 Å². The van der Waals surface area contributed by atoms with Gasteiger partial charge in [0.2, 0.25) is 0 Å². The van der Waals surface area contributed by atoms with Gasteiger partial charge in [0.25, 0.3) is 0 Å². The largest absolute Gasteiger partial charge is 0.383 e. The number of benzene rings is 1. The first-order valence-electron chi connectivity index (χ1n) is 7.68. The average Bonchev–Trinajstić information content (AvgIpc) is 2.87. The molecule has 0 saturated heterocycles. The minimum atomic E-state index is -0.0137. The second kappa shape index (κ2) is 7.36. The van der Waals surface area contributed by atoms with Gasteiger partial charge in [-0.25, -0.2) is 0 Å². The predicted octanol–water partition coefficient (Wildman–Crippen LogP) is 1.47. The van der Waals surface area contributed by atoms with Crippen molar-refractivity contribution in [2.45, 2.75) is 31.3 Å². The van der Waals surface area contributed by atoms with Gasteiger partial charge in [-0.1, -0.05) is 24.3 Å². The molecule has 1 aliphatic rings. The third kappa shape index (κ3) is 3.46. The van der Waals surface area contributed by atoms with Crippen molar-refractivity contribution in [3.05, 3.63) is 35.4 Å². The first-order chi connectivity index (χ1) is 10.2. The highest BCUT2D eigenvalue weighted by Gasteiger charge is 2.42. The third-order valence-corrected chi connectivity index (χ3v) is 4.62. The summed E-state index contributed by atoms with van der Waals surface area (Å²) < 4.78 is 10.7. The van der Waals surface area contributed by atoms with Gasteiger partial charge in [0.05, 0.1) is 13.2 Å². The van der Waals surface area contributed by atoms with Crippen molar-refractivity contribution in [3.63, 3.8) is 0 Å². The van der Waals surface area contributed by atoms with Crippen LogP contribution in [0.3, 0.4) is 0 Å². The average molecular weight is 292 g/mol. The van der Waals surface area contributed by atoms with Crippen LogP contribution in [0.15, 0.2) is 24.3 Å². The lowest BCUT2D eigenvalue weighted by atomic mass is 9.91. The van der Waals surface area contributed by atoms with Gasteiger partial charge >= 0.3 is 0 Å².